The monoisotopic (exact) mass is 196 g/mol. The van der Waals surface area contributed by atoms with E-state index in [9.17, 15) is 4.79 Å². The Kier molecular flexibility index (Phi) is 7.61. The van der Waals surface area contributed by atoms with Gasteiger partial charge < -0.3 is 10.3 Å². The fourth-order valence-electron chi connectivity index (χ4n) is 1.11. The highest BCUT2D eigenvalue weighted by Crippen LogP contribution is 2.06. The average Bonchev–Trinajstić information content (AvgIpc) is 2.15. The van der Waals surface area contributed by atoms with E-state index in [4.69, 9.17) is 10.3 Å². The summed E-state index contributed by atoms with van der Waals surface area (Å²) < 4.78 is 5.37. The highest BCUT2D eigenvalue weighted by molar-refractivity contribution is 6.25. The van der Waals surface area contributed by atoms with Crippen LogP contribution in [0.15, 0.2) is 12.7 Å². The molecule has 4 heteroatoms. The van der Waals surface area contributed by atoms with Crippen LogP contribution in [-0.4, -0.2) is 29.5 Å². The summed E-state index contributed by atoms with van der Waals surface area (Å²) in [7, 11) is 0. The third-order valence-electron chi connectivity index (χ3n) is 1.69. The zero-order valence-electron chi connectivity index (χ0n) is 8.48. The summed E-state index contributed by atoms with van der Waals surface area (Å²) in [4.78, 5) is 13.8. The maximum absolute atomic E-state index is 11.1. The molecule has 0 bridgehead atoms. The number of carbonyl (C=O) groups excluding carboxylic acids is 1. The van der Waals surface area contributed by atoms with Gasteiger partial charge in [-0.3, -0.25) is 4.79 Å². The topological polar surface area (TPSA) is 62.7 Å². The lowest BCUT2D eigenvalue weighted by atomic mass is 10.1. The van der Waals surface area contributed by atoms with E-state index in [1.54, 1.807) is 6.08 Å². The average molecular weight is 196 g/mol. The number of ether oxygens (including phenoxy) is 1. The van der Waals surface area contributed by atoms with Crippen molar-refractivity contribution in [2.75, 3.05) is 6.61 Å². The fourth-order valence-corrected chi connectivity index (χ4v) is 1.11. The number of hydrogen-bond donors (Lipinski definition) is 0. The van der Waals surface area contributed by atoms with Crippen LogP contribution in [0.1, 0.15) is 26.2 Å². The molecular weight excluding hydrogens is 180 g/mol. The number of Topliss-reactive ketones (excluding diaryl/α,β-unsaturated/α-hetero) is 1. The van der Waals surface area contributed by atoms with Crippen molar-refractivity contribution < 1.29 is 14.3 Å². The van der Waals surface area contributed by atoms with Gasteiger partial charge in [0.25, 0.3) is 0 Å². The van der Waals surface area contributed by atoms with Crippen molar-refractivity contribution in [3.63, 3.8) is 0 Å². The molecule has 0 radical (unpaired) electrons. The first kappa shape index (κ1) is 12.8. The summed E-state index contributed by atoms with van der Waals surface area (Å²) in [6, 6.07) is 0. The van der Waals surface area contributed by atoms with Gasteiger partial charge >= 0.3 is 6.21 Å². The fraction of sp³-hybridized carbons (Fsp3) is 0.600. The third-order valence-corrected chi connectivity index (χ3v) is 1.69. The van der Waals surface area contributed by atoms with Gasteiger partial charge in [0.1, 0.15) is 0 Å². The lowest BCUT2D eigenvalue weighted by Crippen LogP contribution is -2.18. The maximum atomic E-state index is 11.1. The summed E-state index contributed by atoms with van der Waals surface area (Å²) in [6.45, 7) is 5.99. The largest absolute Gasteiger partial charge is 0.374 e. The molecule has 0 aromatic rings. The van der Waals surface area contributed by atoms with Crippen LogP contribution in [0, 0.1) is 0 Å². The number of hydrogen-bond acceptors (Lipinski definition) is 2. The number of nitrogens with zero attached hydrogens (tertiary/aromatic N) is 2. The van der Waals surface area contributed by atoms with Gasteiger partial charge in [-0.05, 0) is 6.42 Å². The van der Waals surface area contributed by atoms with E-state index in [0.717, 1.165) is 19.1 Å². The second-order valence-electron chi connectivity index (χ2n) is 2.95. The summed E-state index contributed by atoms with van der Waals surface area (Å²) in [6.07, 6.45) is 4.46. The minimum atomic E-state index is -0.227. The van der Waals surface area contributed by atoms with Crippen LogP contribution in [0.4, 0.5) is 0 Å². The molecule has 0 aliphatic carbocycles. The minimum Gasteiger partial charge on any atom is -0.374 e. The lowest BCUT2D eigenvalue weighted by molar-refractivity contribution is -0.118. The maximum Gasteiger partial charge on any atom is 0.323 e. The van der Waals surface area contributed by atoms with E-state index in [0.29, 0.717) is 6.61 Å². The molecule has 78 valence electrons. The van der Waals surface area contributed by atoms with E-state index >= 15 is 0 Å². The van der Waals surface area contributed by atoms with E-state index in [-0.39, 0.29) is 18.3 Å². The molecule has 0 spiro atoms. The van der Waals surface area contributed by atoms with E-state index in [1.165, 1.54) is 0 Å². The lowest BCUT2D eigenvalue weighted by Gasteiger charge is -2.13. The van der Waals surface area contributed by atoms with Gasteiger partial charge in [-0.15, -0.1) is 6.58 Å². The van der Waals surface area contributed by atoms with Crippen molar-refractivity contribution in [2.24, 2.45) is 0 Å². The Hall–Kier alpha value is -1.25. The highest BCUT2D eigenvalue weighted by atomic mass is 16.5. The van der Waals surface area contributed by atoms with Gasteiger partial charge in [-0.1, -0.05) is 19.4 Å². The molecule has 0 fully saturated rings. The predicted octanol–water partition coefficient (Wildman–Crippen LogP) is 1.62. The van der Waals surface area contributed by atoms with Crippen molar-refractivity contribution in [3.05, 3.63) is 18.2 Å². The summed E-state index contributed by atoms with van der Waals surface area (Å²) in [5.74, 6) is -0.227. The van der Waals surface area contributed by atoms with E-state index < -0.39 is 0 Å². The predicted molar refractivity (Wildman–Crippen MR) is 54.2 cm³/mol. The van der Waals surface area contributed by atoms with Gasteiger partial charge in [0, 0.05) is 6.42 Å². The van der Waals surface area contributed by atoms with Crippen molar-refractivity contribution >= 4 is 12.0 Å². The van der Waals surface area contributed by atoms with Crippen LogP contribution < -0.4 is 0 Å². The first-order valence-corrected chi connectivity index (χ1v) is 4.67. The number of ketones is 1. The highest BCUT2D eigenvalue weighted by Gasteiger charge is 2.13. The third kappa shape index (κ3) is 6.29. The Morgan fingerprint density at radius 2 is 2.43 bits per heavy atom. The van der Waals surface area contributed by atoms with Crippen LogP contribution in [0.3, 0.4) is 0 Å². The molecule has 4 nitrogen and oxygen atoms in total. The molecule has 0 N–H and O–H groups in total. The molecule has 0 aromatic heterocycles. The number of rotatable bonds is 8. The van der Waals surface area contributed by atoms with Gasteiger partial charge in [0.2, 0.25) is 5.78 Å². The van der Waals surface area contributed by atoms with Crippen molar-refractivity contribution in [1.82, 2.24) is 0 Å². The Morgan fingerprint density at radius 1 is 1.71 bits per heavy atom. The second-order valence-corrected chi connectivity index (χ2v) is 2.95. The quantitative estimate of drug-likeness (QED) is 0.256. The molecule has 0 rings (SSSR count). The summed E-state index contributed by atoms with van der Waals surface area (Å²) >= 11 is 0. The molecule has 0 aliphatic heterocycles. The molecule has 0 heterocycles. The molecular formula is C10H16N2O2. The molecule has 0 aliphatic rings. The van der Waals surface area contributed by atoms with Crippen LogP contribution in [0.2, 0.25) is 0 Å². The van der Waals surface area contributed by atoms with Crippen molar-refractivity contribution in [3.8, 4) is 0 Å². The molecule has 1 atom stereocenters. The van der Waals surface area contributed by atoms with E-state index in [2.05, 4.69) is 11.4 Å². The minimum absolute atomic E-state index is 0.108. The molecule has 0 saturated carbocycles. The van der Waals surface area contributed by atoms with Gasteiger partial charge in [0.05, 0.1) is 12.7 Å². The van der Waals surface area contributed by atoms with E-state index in [1.807, 2.05) is 6.92 Å². The SMILES string of the molecule is C=CCOC(CCC)CC(=O)C=[N+]=[N-]. The zero-order valence-corrected chi connectivity index (χ0v) is 8.48. The standard InChI is InChI=1S/C10H16N2O2/c1-3-5-10(14-6-4-2)7-9(13)8-12-11/h4,8,10H,2-3,5-7H2,1H3. The smallest absolute Gasteiger partial charge is 0.323 e. The summed E-state index contributed by atoms with van der Waals surface area (Å²) in [5.41, 5.74) is 8.15. The first-order chi connectivity index (χ1) is 6.74. The van der Waals surface area contributed by atoms with Gasteiger partial charge in [0.15, 0.2) is 0 Å². The Balaban J connectivity index is 3.99. The molecule has 1 unspecified atom stereocenters. The van der Waals surface area contributed by atoms with Gasteiger partial charge in [-0.2, -0.15) is 4.79 Å². The second kappa shape index (κ2) is 8.35. The Morgan fingerprint density at radius 3 is 2.93 bits per heavy atom. The van der Waals surface area contributed by atoms with Crippen molar-refractivity contribution in [1.29, 1.82) is 0 Å². The van der Waals surface area contributed by atoms with Crippen LogP contribution in [-0.2, 0) is 9.53 Å². The summed E-state index contributed by atoms with van der Waals surface area (Å²) in [5, 5.41) is 0. The van der Waals surface area contributed by atoms with Crippen LogP contribution >= 0.6 is 0 Å². The van der Waals surface area contributed by atoms with Gasteiger partial charge in [-0.25, -0.2) is 0 Å². The normalized spacial score (nSPS) is 11.5. The molecule has 0 amide bonds. The molecule has 0 saturated heterocycles. The number of carbonyl (C=O) groups is 1. The Bertz CT molecular complexity index is 232. The van der Waals surface area contributed by atoms with Crippen LogP contribution in [0.25, 0.3) is 5.53 Å². The zero-order chi connectivity index (χ0) is 10.8. The first-order valence-electron chi connectivity index (χ1n) is 4.67. The molecule has 14 heavy (non-hydrogen) atoms. The Labute approximate surface area is 84.2 Å². The van der Waals surface area contributed by atoms with Crippen molar-refractivity contribution in [2.45, 2.75) is 32.3 Å². The van der Waals surface area contributed by atoms with Crippen LogP contribution in [0.5, 0.6) is 0 Å². The molecule has 0 aromatic carbocycles.